The van der Waals surface area contributed by atoms with E-state index in [9.17, 15) is 13.2 Å². The van der Waals surface area contributed by atoms with Crippen LogP contribution < -0.4 is 4.74 Å². The zero-order valence-electron chi connectivity index (χ0n) is 10.5. The summed E-state index contributed by atoms with van der Waals surface area (Å²) in [6, 6.07) is 0.931. The molecule has 20 heavy (non-hydrogen) atoms. The van der Waals surface area contributed by atoms with Crippen molar-refractivity contribution in [3.05, 3.63) is 34.9 Å². The van der Waals surface area contributed by atoms with Gasteiger partial charge in [-0.25, -0.2) is 13.2 Å². The number of nitrogens with zero attached hydrogens (tertiary/aromatic N) is 3. The van der Waals surface area contributed by atoms with Crippen molar-refractivity contribution in [1.29, 1.82) is 0 Å². The highest BCUT2D eigenvalue weighted by Gasteiger charge is 2.16. The Morgan fingerprint density at radius 1 is 1.00 bits per heavy atom. The number of aromatic nitrogens is 3. The molecule has 0 unspecified atom stereocenters. The van der Waals surface area contributed by atoms with Crippen LogP contribution in [0.3, 0.4) is 0 Å². The Labute approximate surface area is 117 Å². The summed E-state index contributed by atoms with van der Waals surface area (Å²) in [5.74, 6) is -3.77. The summed E-state index contributed by atoms with van der Waals surface area (Å²) >= 11 is 5.67. The van der Waals surface area contributed by atoms with Crippen molar-refractivity contribution in [2.75, 3.05) is 0 Å². The van der Waals surface area contributed by atoms with E-state index in [1.54, 1.807) is 13.8 Å². The second-order valence-electron chi connectivity index (χ2n) is 4.12. The predicted octanol–water partition coefficient (Wildman–Crippen LogP) is 3.40. The molecule has 0 fully saturated rings. The van der Waals surface area contributed by atoms with Crippen molar-refractivity contribution in [3.8, 4) is 17.4 Å². The molecule has 0 aliphatic heterocycles. The molecule has 0 atom stereocenters. The van der Waals surface area contributed by atoms with E-state index in [0.29, 0.717) is 12.1 Å². The molecular formula is C12H9ClF3N3O. The largest absolute Gasteiger partial charge is 0.461 e. The van der Waals surface area contributed by atoms with E-state index in [-0.39, 0.29) is 28.8 Å². The minimum absolute atomic E-state index is 0.126. The van der Waals surface area contributed by atoms with E-state index >= 15 is 0 Å². The number of hydrogen-bond acceptors (Lipinski definition) is 4. The fourth-order valence-electron chi connectivity index (χ4n) is 1.41. The third kappa shape index (κ3) is 3.16. The first kappa shape index (κ1) is 14.5. The summed E-state index contributed by atoms with van der Waals surface area (Å²) in [7, 11) is 0. The third-order valence-corrected chi connectivity index (χ3v) is 2.35. The number of benzene rings is 1. The lowest BCUT2D eigenvalue weighted by Crippen LogP contribution is -2.10. The summed E-state index contributed by atoms with van der Waals surface area (Å²) in [4.78, 5) is 11.2. The van der Waals surface area contributed by atoms with Crippen LogP contribution in [0.5, 0.6) is 6.01 Å². The van der Waals surface area contributed by atoms with Crippen molar-refractivity contribution >= 4 is 11.6 Å². The molecule has 4 nitrogen and oxygen atoms in total. The van der Waals surface area contributed by atoms with Gasteiger partial charge in [0.1, 0.15) is 5.82 Å². The molecule has 0 saturated heterocycles. The van der Waals surface area contributed by atoms with Crippen LogP contribution in [-0.4, -0.2) is 21.1 Å². The first-order chi connectivity index (χ1) is 9.36. The molecule has 0 spiro atoms. The molecule has 0 aliphatic rings. The molecule has 1 heterocycles. The lowest BCUT2D eigenvalue weighted by Gasteiger charge is -2.09. The van der Waals surface area contributed by atoms with Crippen LogP contribution in [0, 0.1) is 17.5 Å². The van der Waals surface area contributed by atoms with Crippen molar-refractivity contribution in [1.82, 2.24) is 15.0 Å². The Morgan fingerprint density at radius 3 is 2.30 bits per heavy atom. The van der Waals surface area contributed by atoms with Gasteiger partial charge < -0.3 is 4.74 Å². The molecule has 0 radical (unpaired) electrons. The van der Waals surface area contributed by atoms with E-state index in [0.717, 1.165) is 0 Å². The molecule has 1 aromatic heterocycles. The van der Waals surface area contributed by atoms with Crippen molar-refractivity contribution < 1.29 is 17.9 Å². The summed E-state index contributed by atoms with van der Waals surface area (Å²) in [6.45, 7) is 3.46. The Morgan fingerprint density at radius 2 is 1.65 bits per heavy atom. The van der Waals surface area contributed by atoms with Gasteiger partial charge in [-0.1, -0.05) is 0 Å². The van der Waals surface area contributed by atoms with Gasteiger partial charge >= 0.3 is 6.01 Å². The Balaban J connectivity index is 2.52. The normalized spacial score (nSPS) is 10.9. The molecule has 0 N–H and O–H groups in total. The fraction of sp³-hybridized carbons (Fsp3) is 0.250. The van der Waals surface area contributed by atoms with Gasteiger partial charge in [-0.05, 0) is 31.5 Å². The SMILES string of the molecule is CC(C)Oc1nc(Cl)nc(-c2cc(F)c(F)cc2F)n1. The van der Waals surface area contributed by atoms with Gasteiger partial charge in [0.2, 0.25) is 5.28 Å². The third-order valence-electron chi connectivity index (χ3n) is 2.18. The van der Waals surface area contributed by atoms with Crippen LogP contribution in [0.4, 0.5) is 13.2 Å². The van der Waals surface area contributed by atoms with Gasteiger partial charge in [0.25, 0.3) is 0 Å². The molecule has 0 bridgehead atoms. The summed E-state index contributed by atoms with van der Waals surface area (Å²) in [5, 5.41) is -0.241. The molecule has 2 rings (SSSR count). The van der Waals surface area contributed by atoms with E-state index in [4.69, 9.17) is 16.3 Å². The van der Waals surface area contributed by atoms with Crippen LogP contribution in [0.1, 0.15) is 13.8 Å². The average Bonchev–Trinajstić information content (AvgIpc) is 2.32. The minimum Gasteiger partial charge on any atom is -0.461 e. The average molecular weight is 304 g/mol. The Hall–Kier alpha value is -1.89. The quantitative estimate of drug-likeness (QED) is 0.815. The number of hydrogen-bond donors (Lipinski definition) is 0. The molecule has 106 valence electrons. The molecule has 8 heteroatoms. The molecular weight excluding hydrogens is 295 g/mol. The highest BCUT2D eigenvalue weighted by molar-refractivity contribution is 6.28. The lowest BCUT2D eigenvalue weighted by atomic mass is 10.2. The van der Waals surface area contributed by atoms with Crippen LogP contribution in [0.15, 0.2) is 12.1 Å². The maximum atomic E-state index is 13.7. The first-order valence-corrected chi connectivity index (χ1v) is 5.97. The Bertz CT molecular complexity index is 652. The molecule has 0 saturated carbocycles. The summed E-state index contributed by atoms with van der Waals surface area (Å²) in [6.07, 6.45) is -0.240. The van der Waals surface area contributed by atoms with Gasteiger partial charge in [0, 0.05) is 6.07 Å². The minimum atomic E-state index is -1.30. The van der Waals surface area contributed by atoms with E-state index in [1.165, 1.54) is 0 Å². The fourth-order valence-corrected chi connectivity index (χ4v) is 1.56. The second-order valence-corrected chi connectivity index (χ2v) is 4.46. The number of ether oxygens (including phenoxy) is 1. The van der Waals surface area contributed by atoms with Gasteiger partial charge in [-0.3, -0.25) is 0 Å². The van der Waals surface area contributed by atoms with Gasteiger partial charge in [-0.2, -0.15) is 15.0 Å². The van der Waals surface area contributed by atoms with Crippen molar-refractivity contribution in [3.63, 3.8) is 0 Å². The van der Waals surface area contributed by atoms with Crippen LogP contribution in [0.25, 0.3) is 11.4 Å². The van der Waals surface area contributed by atoms with Crippen LogP contribution in [0.2, 0.25) is 5.28 Å². The topological polar surface area (TPSA) is 47.9 Å². The maximum Gasteiger partial charge on any atom is 0.321 e. The molecule has 1 aromatic carbocycles. The van der Waals surface area contributed by atoms with Gasteiger partial charge in [0.15, 0.2) is 17.5 Å². The standard InChI is InChI=1S/C12H9ClF3N3O/c1-5(2)20-12-18-10(17-11(13)19-12)6-3-8(15)9(16)4-7(6)14/h3-5H,1-2H3. The zero-order chi connectivity index (χ0) is 14.9. The lowest BCUT2D eigenvalue weighted by molar-refractivity contribution is 0.222. The number of rotatable bonds is 3. The number of halogens is 4. The zero-order valence-corrected chi connectivity index (χ0v) is 11.2. The second kappa shape index (κ2) is 5.62. The van der Waals surface area contributed by atoms with E-state index < -0.39 is 17.5 Å². The van der Waals surface area contributed by atoms with Crippen molar-refractivity contribution in [2.45, 2.75) is 20.0 Å². The van der Waals surface area contributed by atoms with Gasteiger partial charge in [0.05, 0.1) is 11.7 Å². The molecule has 0 aliphatic carbocycles. The maximum absolute atomic E-state index is 13.7. The Kier molecular flexibility index (Phi) is 4.08. The molecule has 2 aromatic rings. The van der Waals surface area contributed by atoms with Gasteiger partial charge in [-0.15, -0.1) is 0 Å². The van der Waals surface area contributed by atoms with Crippen molar-refractivity contribution in [2.24, 2.45) is 0 Å². The smallest absolute Gasteiger partial charge is 0.321 e. The molecule has 0 amide bonds. The highest BCUT2D eigenvalue weighted by Crippen LogP contribution is 2.24. The monoisotopic (exact) mass is 303 g/mol. The highest BCUT2D eigenvalue weighted by atomic mass is 35.5. The first-order valence-electron chi connectivity index (χ1n) is 5.60. The summed E-state index contributed by atoms with van der Waals surface area (Å²) < 4.78 is 44.9. The predicted molar refractivity (Wildman–Crippen MR) is 65.9 cm³/mol. The van der Waals surface area contributed by atoms with E-state index in [1.807, 2.05) is 0 Å². The van der Waals surface area contributed by atoms with E-state index in [2.05, 4.69) is 15.0 Å². The summed E-state index contributed by atoms with van der Waals surface area (Å²) in [5.41, 5.74) is -0.332. The van der Waals surface area contributed by atoms with Crippen LogP contribution in [-0.2, 0) is 0 Å². The van der Waals surface area contributed by atoms with Crippen LogP contribution >= 0.6 is 11.6 Å².